The summed E-state index contributed by atoms with van der Waals surface area (Å²) in [6.45, 7) is 2.18. The summed E-state index contributed by atoms with van der Waals surface area (Å²) in [5, 5.41) is 17.4. The number of anilines is 1. The molecule has 0 amide bonds. The van der Waals surface area contributed by atoms with Crippen molar-refractivity contribution in [2.45, 2.75) is 19.4 Å². The number of aromatic nitrogens is 1. The molecule has 0 saturated carbocycles. The second kappa shape index (κ2) is 8.72. The van der Waals surface area contributed by atoms with Crippen molar-refractivity contribution in [3.63, 3.8) is 0 Å². The molecule has 2 aliphatic heterocycles. The molecule has 0 fully saturated rings. The smallest absolute Gasteiger partial charge is 0.231 e. The second-order valence-electron chi connectivity index (χ2n) is 7.98. The van der Waals surface area contributed by atoms with Gasteiger partial charge in [0, 0.05) is 12.0 Å². The molecule has 3 heterocycles. The Balaban J connectivity index is 1.39. The highest BCUT2D eigenvalue weighted by molar-refractivity contribution is 7.19. The van der Waals surface area contributed by atoms with Crippen molar-refractivity contribution < 1.29 is 9.47 Å². The maximum Gasteiger partial charge on any atom is 0.231 e. The molecule has 168 valence electrons. The first-order chi connectivity index (χ1) is 16.8. The fourth-order valence-corrected chi connectivity index (χ4v) is 5.00. The normalized spacial score (nSPS) is 16.9. The van der Waals surface area contributed by atoms with E-state index in [9.17, 15) is 0 Å². The van der Waals surface area contributed by atoms with E-state index in [1.54, 1.807) is 0 Å². The zero-order valence-electron chi connectivity index (χ0n) is 18.5. The highest BCUT2D eigenvalue weighted by Gasteiger charge is 2.35. The van der Waals surface area contributed by atoms with Gasteiger partial charge in [0.25, 0.3) is 0 Å². The maximum absolute atomic E-state index is 5.83. The third kappa shape index (κ3) is 3.82. The van der Waals surface area contributed by atoms with E-state index in [4.69, 9.17) is 19.6 Å². The summed E-state index contributed by atoms with van der Waals surface area (Å²) in [6, 6.07) is 25.9. The number of fused-ring (bicyclic) bond motifs is 1. The SMILES string of the molecule is Cc1nc(N2N=C(c3ccccc3)CC2c2cccc3c2OCO3)sc1N=Nc1ccccc1. The zero-order chi connectivity index (χ0) is 22.9. The number of para-hydroxylation sites is 1. The zero-order valence-corrected chi connectivity index (χ0v) is 19.3. The standard InChI is InChI=1S/C26H21N5O2S/c1-17-25(29-28-19-11-6-3-7-12-19)34-26(27-17)31-22(15-21(30-31)18-9-4-2-5-10-18)20-13-8-14-23-24(20)33-16-32-23/h2-14,22H,15-16H2,1H3. The van der Waals surface area contributed by atoms with Gasteiger partial charge in [-0.1, -0.05) is 72.0 Å². The Morgan fingerprint density at radius 3 is 2.53 bits per heavy atom. The average molecular weight is 468 g/mol. The van der Waals surface area contributed by atoms with Gasteiger partial charge in [-0.15, -0.1) is 10.2 Å². The number of nitrogens with zero attached hydrogens (tertiary/aromatic N) is 5. The van der Waals surface area contributed by atoms with E-state index in [1.807, 2.05) is 72.6 Å². The molecule has 2 aliphatic rings. The lowest BCUT2D eigenvalue weighted by atomic mass is 9.97. The van der Waals surface area contributed by atoms with Crippen LogP contribution in [0.4, 0.5) is 15.8 Å². The summed E-state index contributed by atoms with van der Waals surface area (Å²) in [7, 11) is 0. The van der Waals surface area contributed by atoms with E-state index in [1.165, 1.54) is 11.3 Å². The van der Waals surface area contributed by atoms with E-state index in [-0.39, 0.29) is 12.8 Å². The van der Waals surface area contributed by atoms with E-state index < -0.39 is 0 Å². The molecular weight excluding hydrogens is 446 g/mol. The van der Waals surface area contributed by atoms with Crippen molar-refractivity contribution in [3.8, 4) is 11.5 Å². The van der Waals surface area contributed by atoms with Crippen LogP contribution in [-0.2, 0) is 0 Å². The first-order valence-corrected chi connectivity index (χ1v) is 11.8. The molecule has 7 nitrogen and oxygen atoms in total. The second-order valence-corrected chi connectivity index (χ2v) is 8.94. The molecule has 0 radical (unpaired) electrons. The van der Waals surface area contributed by atoms with Gasteiger partial charge in [-0.2, -0.15) is 5.10 Å². The van der Waals surface area contributed by atoms with Crippen LogP contribution in [0, 0.1) is 6.92 Å². The van der Waals surface area contributed by atoms with E-state index in [0.717, 1.165) is 56.3 Å². The molecule has 8 heteroatoms. The molecule has 0 saturated heterocycles. The van der Waals surface area contributed by atoms with Crippen LogP contribution in [0.1, 0.15) is 29.3 Å². The minimum atomic E-state index is -0.0729. The number of hydrazone groups is 1. The lowest BCUT2D eigenvalue weighted by molar-refractivity contribution is 0.173. The molecule has 0 spiro atoms. The number of hydrogen-bond acceptors (Lipinski definition) is 8. The Bertz CT molecular complexity index is 1390. The Morgan fingerprint density at radius 1 is 0.912 bits per heavy atom. The van der Waals surface area contributed by atoms with Crippen LogP contribution in [0.15, 0.2) is 94.2 Å². The summed E-state index contributed by atoms with van der Waals surface area (Å²) < 4.78 is 11.5. The Kier molecular flexibility index (Phi) is 5.27. The predicted molar refractivity (Wildman–Crippen MR) is 133 cm³/mol. The Hall–Kier alpha value is -4.04. The molecule has 0 bridgehead atoms. The van der Waals surface area contributed by atoms with Crippen molar-refractivity contribution in [1.29, 1.82) is 0 Å². The summed E-state index contributed by atoms with van der Waals surface area (Å²) in [5.74, 6) is 1.54. The summed E-state index contributed by atoms with van der Waals surface area (Å²) in [5.41, 5.74) is 4.75. The quantitative estimate of drug-likeness (QED) is 0.298. The molecule has 1 atom stereocenters. The first kappa shape index (κ1) is 20.6. The van der Waals surface area contributed by atoms with Crippen molar-refractivity contribution in [2.75, 3.05) is 11.8 Å². The molecule has 3 aromatic carbocycles. The highest BCUT2D eigenvalue weighted by atomic mass is 32.1. The lowest BCUT2D eigenvalue weighted by Crippen LogP contribution is -2.18. The van der Waals surface area contributed by atoms with Gasteiger partial charge in [-0.3, -0.25) is 0 Å². The summed E-state index contributed by atoms with van der Waals surface area (Å²) >= 11 is 1.48. The van der Waals surface area contributed by atoms with Crippen molar-refractivity contribution in [1.82, 2.24) is 4.98 Å². The predicted octanol–water partition coefficient (Wildman–Crippen LogP) is 6.95. The number of hydrogen-bond donors (Lipinski definition) is 0. The molecule has 1 aromatic heterocycles. The number of azo groups is 1. The molecule has 6 rings (SSSR count). The average Bonchev–Trinajstić information content (AvgIpc) is 3.62. The maximum atomic E-state index is 5.83. The minimum absolute atomic E-state index is 0.0729. The number of rotatable bonds is 5. The van der Waals surface area contributed by atoms with Gasteiger partial charge in [0.15, 0.2) is 16.5 Å². The van der Waals surface area contributed by atoms with Crippen LogP contribution in [0.5, 0.6) is 11.5 Å². The van der Waals surface area contributed by atoms with Crippen LogP contribution < -0.4 is 14.5 Å². The van der Waals surface area contributed by atoms with E-state index in [2.05, 4.69) is 28.4 Å². The fraction of sp³-hybridized carbons (Fsp3) is 0.154. The lowest BCUT2D eigenvalue weighted by Gasteiger charge is -2.22. The summed E-state index contributed by atoms with van der Waals surface area (Å²) in [6.07, 6.45) is 0.726. The first-order valence-electron chi connectivity index (χ1n) is 11.0. The van der Waals surface area contributed by atoms with Crippen LogP contribution >= 0.6 is 11.3 Å². The largest absolute Gasteiger partial charge is 0.454 e. The van der Waals surface area contributed by atoms with Gasteiger partial charge in [0.05, 0.1) is 23.1 Å². The van der Waals surface area contributed by atoms with Gasteiger partial charge >= 0.3 is 0 Å². The van der Waals surface area contributed by atoms with Crippen molar-refractivity contribution >= 4 is 32.9 Å². The van der Waals surface area contributed by atoms with E-state index >= 15 is 0 Å². The van der Waals surface area contributed by atoms with Crippen LogP contribution in [0.2, 0.25) is 0 Å². The Labute approximate surface area is 201 Å². The van der Waals surface area contributed by atoms with Gasteiger partial charge < -0.3 is 9.47 Å². The molecule has 0 N–H and O–H groups in total. The molecule has 4 aromatic rings. The third-order valence-corrected chi connectivity index (χ3v) is 6.80. The van der Waals surface area contributed by atoms with Gasteiger partial charge in [0.2, 0.25) is 11.9 Å². The molecule has 0 aliphatic carbocycles. The fourth-order valence-electron chi connectivity index (χ4n) is 4.11. The van der Waals surface area contributed by atoms with Crippen molar-refractivity contribution in [2.24, 2.45) is 15.3 Å². The molecule has 34 heavy (non-hydrogen) atoms. The van der Waals surface area contributed by atoms with Gasteiger partial charge in [-0.25, -0.2) is 9.99 Å². The topological polar surface area (TPSA) is 71.7 Å². The van der Waals surface area contributed by atoms with Crippen LogP contribution in [0.3, 0.4) is 0 Å². The minimum Gasteiger partial charge on any atom is -0.454 e. The summed E-state index contributed by atoms with van der Waals surface area (Å²) in [4.78, 5) is 4.81. The molecular formula is C26H21N5O2S. The number of aryl methyl sites for hydroxylation is 1. The van der Waals surface area contributed by atoms with E-state index in [0.29, 0.717) is 0 Å². The Morgan fingerprint density at radius 2 is 1.71 bits per heavy atom. The third-order valence-electron chi connectivity index (χ3n) is 5.77. The number of thiazole rings is 1. The van der Waals surface area contributed by atoms with Crippen molar-refractivity contribution in [3.05, 3.63) is 95.7 Å². The number of ether oxygens (including phenoxy) is 2. The van der Waals surface area contributed by atoms with Gasteiger partial charge in [-0.05, 0) is 30.7 Å². The number of benzene rings is 3. The van der Waals surface area contributed by atoms with Crippen LogP contribution in [0.25, 0.3) is 0 Å². The highest BCUT2D eigenvalue weighted by Crippen LogP contribution is 2.47. The monoisotopic (exact) mass is 467 g/mol. The van der Waals surface area contributed by atoms with Gasteiger partial charge in [0.1, 0.15) is 0 Å². The van der Waals surface area contributed by atoms with Crippen LogP contribution in [-0.4, -0.2) is 17.5 Å². The molecule has 1 unspecified atom stereocenters.